The molecule has 1 aliphatic carbocycles. The van der Waals surface area contributed by atoms with Crippen LogP contribution in [0.4, 0.5) is 0 Å². The van der Waals surface area contributed by atoms with E-state index >= 15 is 0 Å². The lowest BCUT2D eigenvalue weighted by molar-refractivity contribution is -0.147. The highest BCUT2D eigenvalue weighted by atomic mass is 16.5. The fraction of sp³-hybridized carbons (Fsp3) is 0.519. The lowest BCUT2D eigenvalue weighted by Gasteiger charge is -2.32. The first-order valence-electron chi connectivity index (χ1n) is 12.0. The third-order valence-corrected chi connectivity index (χ3v) is 6.19. The molecule has 0 unspecified atom stereocenters. The van der Waals surface area contributed by atoms with Crippen molar-refractivity contribution in [2.45, 2.75) is 63.5 Å². The van der Waals surface area contributed by atoms with Crippen molar-refractivity contribution >= 4 is 17.8 Å². The zero-order valence-electron chi connectivity index (χ0n) is 20.0. The molecule has 0 radical (unpaired) electrons. The van der Waals surface area contributed by atoms with Gasteiger partial charge in [0.2, 0.25) is 11.8 Å². The van der Waals surface area contributed by atoms with Gasteiger partial charge < -0.3 is 20.1 Å². The molecule has 1 atom stereocenters. The van der Waals surface area contributed by atoms with Crippen molar-refractivity contribution < 1.29 is 24.2 Å². The van der Waals surface area contributed by atoms with Gasteiger partial charge in [-0.05, 0) is 31.2 Å². The molecule has 1 saturated carbocycles. The fourth-order valence-electron chi connectivity index (χ4n) is 4.27. The molecule has 0 bridgehead atoms. The molecule has 1 aliphatic rings. The van der Waals surface area contributed by atoms with Crippen LogP contribution in [-0.4, -0.2) is 53.1 Å². The number of allylic oxidation sites excluding steroid dienone is 2. The minimum atomic E-state index is -0.599. The number of amides is 2. The Morgan fingerprint density at radius 3 is 2.47 bits per heavy atom. The fourth-order valence-corrected chi connectivity index (χ4v) is 4.27. The Hall–Kier alpha value is -2.93. The van der Waals surface area contributed by atoms with Crippen LogP contribution in [0.3, 0.4) is 0 Å². The second-order valence-corrected chi connectivity index (χ2v) is 8.91. The summed E-state index contributed by atoms with van der Waals surface area (Å²) in [6.45, 7) is 7.91. The average Bonchev–Trinajstić information content (AvgIpc) is 3.30. The summed E-state index contributed by atoms with van der Waals surface area (Å²) in [5, 5.41) is 12.6. The van der Waals surface area contributed by atoms with Crippen molar-refractivity contribution in [2.24, 2.45) is 5.92 Å². The molecule has 0 spiro atoms. The van der Waals surface area contributed by atoms with Crippen LogP contribution in [0.15, 0.2) is 55.6 Å². The third kappa shape index (κ3) is 8.78. The second kappa shape index (κ2) is 14.4. The highest BCUT2D eigenvalue weighted by molar-refractivity contribution is 5.86. The molecule has 0 aromatic heterocycles. The molecule has 0 aliphatic heterocycles. The summed E-state index contributed by atoms with van der Waals surface area (Å²) in [6.07, 6.45) is 7.83. The number of aliphatic hydroxyl groups excluding tert-OH is 1. The molecule has 0 saturated heterocycles. The van der Waals surface area contributed by atoms with Crippen LogP contribution in [0.2, 0.25) is 0 Å². The SMILES string of the molecule is C=CCCC(=O)OCC1(NC(=O)[C@H](CC=C)CC(=O)N(CCO)Cc2ccccc2)CCCC1. The summed E-state index contributed by atoms with van der Waals surface area (Å²) in [7, 11) is 0. The first kappa shape index (κ1) is 27.3. The number of carbonyl (C=O) groups excluding carboxylic acids is 3. The summed E-state index contributed by atoms with van der Waals surface area (Å²) >= 11 is 0. The topological polar surface area (TPSA) is 95.9 Å². The minimum Gasteiger partial charge on any atom is -0.463 e. The molecular weight excluding hydrogens is 432 g/mol. The van der Waals surface area contributed by atoms with Crippen LogP contribution in [0, 0.1) is 5.92 Å². The van der Waals surface area contributed by atoms with E-state index < -0.39 is 11.5 Å². The zero-order chi connectivity index (χ0) is 24.8. The standard InChI is InChI=1S/C27H38N2O5/c1-3-5-14-25(32)34-21-27(15-9-10-16-27)28-26(33)23(11-4-2)19-24(31)29(17-18-30)20-22-12-7-6-8-13-22/h3-4,6-8,12-13,23,30H,1-2,5,9-11,14-21H2,(H,28,33)/t23-/m1/s1. The molecular formula is C27H38N2O5. The van der Waals surface area contributed by atoms with Crippen molar-refractivity contribution in [3.8, 4) is 0 Å². The molecule has 2 N–H and O–H groups in total. The molecule has 7 nitrogen and oxygen atoms in total. The van der Waals surface area contributed by atoms with Gasteiger partial charge in [-0.1, -0.05) is 55.3 Å². The van der Waals surface area contributed by atoms with Crippen LogP contribution >= 0.6 is 0 Å². The highest BCUT2D eigenvalue weighted by Gasteiger charge is 2.38. The highest BCUT2D eigenvalue weighted by Crippen LogP contribution is 2.31. The molecule has 7 heteroatoms. The maximum absolute atomic E-state index is 13.3. The van der Waals surface area contributed by atoms with Crippen LogP contribution in [-0.2, 0) is 25.7 Å². The monoisotopic (exact) mass is 470 g/mol. The smallest absolute Gasteiger partial charge is 0.306 e. The quantitative estimate of drug-likeness (QED) is 0.302. The Labute approximate surface area is 202 Å². The van der Waals surface area contributed by atoms with Crippen LogP contribution in [0.5, 0.6) is 0 Å². The van der Waals surface area contributed by atoms with Gasteiger partial charge in [-0.25, -0.2) is 0 Å². The predicted octanol–water partition coefficient (Wildman–Crippen LogP) is 3.53. The number of rotatable bonds is 15. The molecule has 2 rings (SSSR count). The van der Waals surface area contributed by atoms with E-state index in [4.69, 9.17) is 4.74 Å². The van der Waals surface area contributed by atoms with Crippen molar-refractivity contribution in [2.75, 3.05) is 19.8 Å². The van der Waals surface area contributed by atoms with Crippen LogP contribution in [0.1, 0.15) is 56.9 Å². The van der Waals surface area contributed by atoms with Crippen LogP contribution in [0.25, 0.3) is 0 Å². The Bertz CT molecular complexity index is 818. The summed E-state index contributed by atoms with van der Waals surface area (Å²) < 4.78 is 5.47. The minimum absolute atomic E-state index is 0.0138. The number of hydrogen-bond acceptors (Lipinski definition) is 5. The number of benzene rings is 1. The third-order valence-electron chi connectivity index (χ3n) is 6.19. The summed E-state index contributed by atoms with van der Waals surface area (Å²) in [5.41, 5.74) is 0.357. The van der Waals surface area contributed by atoms with Gasteiger partial charge in [0, 0.05) is 25.9 Å². The Balaban J connectivity index is 2.04. The number of carbonyl (C=O) groups is 3. The first-order valence-corrected chi connectivity index (χ1v) is 12.0. The normalized spacial score (nSPS) is 15.2. The van der Waals surface area contributed by atoms with E-state index in [2.05, 4.69) is 18.5 Å². The number of nitrogens with one attached hydrogen (secondary N) is 1. The molecule has 0 heterocycles. The largest absolute Gasteiger partial charge is 0.463 e. The molecule has 1 aromatic rings. The van der Waals surface area contributed by atoms with Gasteiger partial charge in [0.1, 0.15) is 6.61 Å². The van der Waals surface area contributed by atoms with Gasteiger partial charge in [0.15, 0.2) is 0 Å². The average molecular weight is 471 g/mol. The summed E-state index contributed by atoms with van der Waals surface area (Å²) in [5.74, 6) is -1.33. The van der Waals surface area contributed by atoms with E-state index in [-0.39, 0.29) is 50.4 Å². The Morgan fingerprint density at radius 2 is 1.85 bits per heavy atom. The van der Waals surface area contributed by atoms with Gasteiger partial charge in [0.05, 0.1) is 18.1 Å². The van der Waals surface area contributed by atoms with Crippen LogP contribution < -0.4 is 5.32 Å². The number of hydrogen-bond donors (Lipinski definition) is 2. The molecule has 34 heavy (non-hydrogen) atoms. The van der Waals surface area contributed by atoms with Crippen molar-refractivity contribution in [1.82, 2.24) is 10.2 Å². The zero-order valence-corrected chi connectivity index (χ0v) is 20.0. The number of ether oxygens (including phenoxy) is 1. The van der Waals surface area contributed by atoms with Crippen molar-refractivity contribution in [3.05, 3.63) is 61.2 Å². The number of esters is 1. The lowest BCUT2D eigenvalue weighted by Crippen LogP contribution is -2.52. The van der Waals surface area contributed by atoms with Crippen molar-refractivity contribution in [3.63, 3.8) is 0 Å². The number of nitrogens with zero attached hydrogens (tertiary/aromatic N) is 1. The molecule has 1 fully saturated rings. The van der Waals surface area contributed by atoms with E-state index in [1.165, 1.54) is 0 Å². The lowest BCUT2D eigenvalue weighted by atomic mass is 9.94. The van der Waals surface area contributed by atoms with E-state index in [9.17, 15) is 19.5 Å². The van der Waals surface area contributed by atoms with Gasteiger partial charge in [-0.2, -0.15) is 0 Å². The van der Waals surface area contributed by atoms with E-state index in [1.54, 1.807) is 17.1 Å². The van der Waals surface area contributed by atoms with Gasteiger partial charge in [0.25, 0.3) is 0 Å². The van der Waals surface area contributed by atoms with Gasteiger partial charge in [-0.3, -0.25) is 14.4 Å². The number of aliphatic hydroxyl groups is 1. The Kier molecular flexibility index (Phi) is 11.5. The summed E-state index contributed by atoms with van der Waals surface area (Å²) in [6, 6.07) is 9.55. The maximum Gasteiger partial charge on any atom is 0.306 e. The first-order chi connectivity index (χ1) is 16.4. The van der Waals surface area contributed by atoms with Crippen molar-refractivity contribution in [1.29, 1.82) is 0 Å². The van der Waals surface area contributed by atoms with Gasteiger partial charge in [-0.15, -0.1) is 13.2 Å². The van der Waals surface area contributed by atoms with E-state index in [0.29, 0.717) is 19.4 Å². The molecule has 1 aromatic carbocycles. The molecule has 2 amide bonds. The summed E-state index contributed by atoms with van der Waals surface area (Å²) in [4.78, 5) is 39.9. The second-order valence-electron chi connectivity index (χ2n) is 8.91. The van der Waals surface area contributed by atoms with E-state index in [0.717, 1.165) is 31.2 Å². The predicted molar refractivity (Wildman–Crippen MR) is 132 cm³/mol. The maximum atomic E-state index is 13.3. The van der Waals surface area contributed by atoms with E-state index in [1.807, 2.05) is 30.3 Å². The Morgan fingerprint density at radius 1 is 1.15 bits per heavy atom. The van der Waals surface area contributed by atoms with Gasteiger partial charge >= 0.3 is 5.97 Å². The molecule has 186 valence electrons.